The summed E-state index contributed by atoms with van der Waals surface area (Å²) in [6, 6.07) is 7.32. The van der Waals surface area contributed by atoms with E-state index in [-0.39, 0.29) is 5.91 Å². The van der Waals surface area contributed by atoms with Crippen molar-refractivity contribution in [3.63, 3.8) is 0 Å². The van der Waals surface area contributed by atoms with Crippen LogP contribution in [0.3, 0.4) is 0 Å². The molecule has 156 valence electrons. The van der Waals surface area contributed by atoms with Crippen LogP contribution in [0.5, 0.6) is 0 Å². The lowest BCUT2D eigenvalue weighted by Gasteiger charge is -2.34. The van der Waals surface area contributed by atoms with Crippen molar-refractivity contribution in [3.8, 4) is 0 Å². The summed E-state index contributed by atoms with van der Waals surface area (Å²) in [6.45, 7) is 9.01. The number of halogens is 1. The molecule has 1 amide bonds. The predicted molar refractivity (Wildman–Crippen MR) is 124 cm³/mol. The number of benzene rings is 1. The number of anilines is 1. The molecule has 0 bridgehead atoms. The molecule has 0 aliphatic heterocycles. The maximum absolute atomic E-state index is 12.5. The van der Waals surface area contributed by atoms with Gasteiger partial charge in [-0.2, -0.15) is 0 Å². The Bertz CT molecular complexity index is 781. The molecule has 1 aromatic rings. The Balaban J connectivity index is 1.59. The van der Waals surface area contributed by atoms with Gasteiger partial charge in [0.25, 0.3) is 0 Å². The second-order valence-corrected chi connectivity index (χ2v) is 9.14. The summed E-state index contributed by atoms with van der Waals surface area (Å²) in [6.07, 6.45) is 13.2. The van der Waals surface area contributed by atoms with Crippen LogP contribution in [0.1, 0.15) is 65.2 Å². The molecule has 1 aromatic carbocycles. The van der Waals surface area contributed by atoms with Gasteiger partial charge in [-0.3, -0.25) is 4.79 Å². The first-order chi connectivity index (χ1) is 14.0. The van der Waals surface area contributed by atoms with Gasteiger partial charge in [0, 0.05) is 17.1 Å². The maximum Gasteiger partial charge on any atom is 0.224 e. The molecule has 1 fully saturated rings. The van der Waals surface area contributed by atoms with E-state index in [1.54, 1.807) is 17.7 Å². The molecule has 1 saturated carbocycles. The molecule has 0 aromatic heterocycles. The lowest BCUT2D eigenvalue weighted by molar-refractivity contribution is -0.117. The average molecular weight is 412 g/mol. The molecule has 1 atom stereocenters. The molecular formula is C26H34ClNO. The molecule has 2 aliphatic rings. The minimum atomic E-state index is 0.111. The Morgan fingerprint density at radius 3 is 2.52 bits per heavy atom. The van der Waals surface area contributed by atoms with Crippen LogP contribution in [0.15, 0.2) is 59.7 Å². The highest BCUT2D eigenvalue weighted by Crippen LogP contribution is 2.42. The Kier molecular flexibility index (Phi) is 7.77. The summed E-state index contributed by atoms with van der Waals surface area (Å²) in [5, 5.41) is 3.69. The quantitative estimate of drug-likeness (QED) is 0.509. The summed E-state index contributed by atoms with van der Waals surface area (Å²) >= 11 is 5.91. The number of carbonyl (C=O) groups is 1. The van der Waals surface area contributed by atoms with E-state index in [9.17, 15) is 4.79 Å². The highest BCUT2D eigenvalue weighted by atomic mass is 35.5. The van der Waals surface area contributed by atoms with E-state index in [4.69, 9.17) is 11.6 Å². The molecule has 1 N–H and O–H groups in total. The van der Waals surface area contributed by atoms with Crippen molar-refractivity contribution in [1.82, 2.24) is 0 Å². The zero-order valence-corrected chi connectivity index (χ0v) is 18.6. The van der Waals surface area contributed by atoms with E-state index in [1.165, 1.54) is 30.4 Å². The number of rotatable bonds is 6. The number of carbonyl (C=O) groups excluding carboxylic acids is 1. The van der Waals surface area contributed by atoms with Gasteiger partial charge in [0.15, 0.2) is 0 Å². The third-order valence-electron chi connectivity index (χ3n) is 6.62. The summed E-state index contributed by atoms with van der Waals surface area (Å²) in [7, 11) is 0. The van der Waals surface area contributed by atoms with Gasteiger partial charge < -0.3 is 5.32 Å². The molecule has 0 radical (unpaired) electrons. The molecule has 29 heavy (non-hydrogen) atoms. The summed E-state index contributed by atoms with van der Waals surface area (Å²) in [4.78, 5) is 12.5. The number of amides is 1. The van der Waals surface area contributed by atoms with Crippen molar-refractivity contribution in [1.29, 1.82) is 0 Å². The van der Waals surface area contributed by atoms with E-state index >= 15 is 0 Å². The van der Waals surface area contributed by atoms with E-state index in [1.807, 2.05) is 12.1 Å². The Labute approximate surface area is 181 Å². The maximum atomic E-state index is 12.5. The van der Waals surface area contributed by atoms with Crippen molar-refractivity contribution < 1.29 is 4.79 Å². The molecule has 3 rings (SSSR count). The zero-order valence-electron chi connectivity index (χ0n) is 17.8. The summed E-state index contributed by atoms with van der Waals surface area (Å²) < 4.78 is 0. The second-order valence-electron chi connectivity index (χ2n) is 8.70. The monoisotopic (exact) mass is 411 g/mol. The molecule has 0 spiro atoms. The first kappa shape index (κ1) is 21.9. The molecule has 1 unspecified atom stereocenters. The van der Waals surface area contributed by atoms with Crippen LogP contribution in [-0.4, -0.2) is 5.91 Å². The van der Waals surface area contributed by atoms with Crippen molar-refractivity contribution in [2.45, 2.75) is 65.2 Å². The molecule has 2 nitrogen and oxygen atoms in total. The van der Waals surface area contributed by atoms with Crippen molar-refractivity contribution in [2.75, 3.05) is 5.32 Å². The zero-order chi connectivity index (χ0) is 20.8. The second kappa shape index (κ2) is 10.3. The van der Waals surface area contributed by atoms with Crippen molar-refractivity contribution in [3.05, 3.63) is 64.7 Å². The van der Waals surface area contributed by atoms with Crippen molar-refractivity contribution >= 4 is 23.2 Å². The highest BCUT2D eigenvalue weighted by Gasteiger charge is 2.29. The van der Waals surface area contributed by atoms with Gasteiger partial charge in [0.2, 0.25) is 5.91 Å². The van der Waals surface area contributed by atoms with E-state index in [0.717, 1.165) is 31.4 Å². The van der Waals surface area contributed by atoms with E-state index in [2.05, 4.69) is 37.9 Å². The first-order valence-corrected chi connectivity index (χ1v) is 11.5. The average Bonchev–Trinajstić information content (AvgIpc) is 2.72. The van der Waals surface area contributed by atoms with Gasteiger partial charge in [-0.05, 0) is 98.1 Å². The van der Waals surface area contributed by atoms with Crippen LogP contribution < -0.4 is 5.32 Å². The third kappa shape index (κ3) is 5.85. The number of allylic oxidation sites excluding steroid dienone is 5. The largest absolute Gasteiger partial charge is 0.326 e. The molecule has 3 heteroatoms. The Morgan fingerprint density at radius 1 is 1.21 bits per heavy atom. The van der Waals surface area contributed by atoms with Crippen LogP contribution in [0.25, 0.3) is 0 Å². The fraction of sp³-hybridized carbons (Fsp3) is 0.500. The van der Waals surface area contributed by atoms with Crippen LogP contribution in [0.4, 0.5) is 5.69 Å². The fourth-order valence-electron chi connectivity index (χ4n) is 4.80. The van der Waals surface area contributed by atoms with Gasteiger partial charge in [-0.1, -0.05) is 49.8 Å². The van der Waals surface area contributed by atoms with Crippen LogP contribution >= 0.6 is 11.6 Å². The Hall–Kier alpha value is -1.80. The van der Waals surface area contributed by atoms with E-state index < -0.39 is 0 Å². The fourth-order valence-corrected chi connectivity index (χ4v) is 4.93. The van der Waals surface area contributed by atoms with Gasteiger partial charge in [-0.25, -0.2) is 0 Å². The highest BCUT2D eigenvalue weighted by molar-refractivity contribution is 6.30. The minimum absolute atomic E-state index is 0.111. The topological polar surface area (TPSA) is 29.1 Å². The summed E-state index contributed by atoms with van der Waals surface area (Å²) in [5.74, 6) is 1.82. The Morgan fingerprint density at radius 2 is 1.90 bits per heavy atom. The smallest absolute Gasteiger partial charge is 0.224 e. The van der Waals surface area contributed by atoms with Crippen LogP contribution in [-0.2, 0) is 4.79 Å². The van der Waals surface area contributed by atoms with Gasteiger partial charge in [0.1, 0.15) is 0 Å². The molecular weight excluding hydrogens is 378 g/mol. The normalized spacial score (nSPS) is 24.9. The predicted octanol–water partition coefficient (Wildman–Crippen LogP) is 7.72. The lowest BCUT2D eigenvalue weighted by atomic mass is 9.71. The number of hydrogen-bond acceptors (Lipinski definition) is 1. The number of hydrogen-bond donors (Lipinski definition) is 1. The SMILES string of the molecule is C=C1CCC=C/C1=C(/C(C)CC)C1CCC(CC(=O)Nc2ccc(Cl)cc2)CC1. The molecule has 0 saturated heterocycles. The minimum Gasteiger partial charge on any atom is -0.326 e. The molecule has 0 heterocycles. The molecule has 2 aliphatic carbocycles. The first-order valence-electron chi connectivity index (χ1n) is 11.1. The van der Waals surface area contributed by atoms with Gasteiger partial charge in [0.05, 0.1) is 0 Å². The lowest BCUT2D eigenvalue weighted by Crippen LogP contribution is -2.24. The van der Waals surface area contributed by atoms with Crippen LogP contribution in [0, 0.1) is 17.8 Å². The van der Waals surface area contributed by atoms with E-state index in [0.29, 0.717) is 29.2 Å². The van der Waals surface area contributed by atoms with Gasteiger partial charge in [-0.15, -0.1) is 0 Å². The van der Waals surface area contributed by atoms with Crippen LogP contribution in [0.2, 0.25) is 5.02 Å². The van der Waals surface area contributed by atoms with Crippen molar-refractivity contribution in [2.24, 2.45) is 17.8 Å². The standard InChI is InChI=1S/C26H34ClNO/c1-4-18(2)26(24-8-6-5-7-19(24)3)21-11-9-20(10-12-21)17-25(29)28-23-15-13-22(27)14-16-23/h6,8,13-16,18,20-21H,3-5,7,9-12,17H2,1-2H3,(H,28,29)/b26-24+. The summed E-state index contributed by atoms with van der Waals surface area (Å²) in [5.41, 5.74) is 5.18. The van der Waals surface area contributed by atoms with Gasteiger partial charge >= 0.3 is 0 Å². The third-order valence-corrected chi connectivity index (χ3v) is 6.87. The number of nitrogens with one attached hydrogen (secondary N) is 1.